The molecule has 0 fully saturated rings. The first-order chi connectivity index (χ1) is 14.9. The molecule has 3 aromatic rings. The summed E-state index contributed by atoms with van der Waals surface area (Å²) in [5.41, 5.74) is 1.24. The van der Waals surface area contributed by atoms with Crippen molar-refractivity contribution >= 4 is 27.3 Å². The number of rotatable bonds is 7. The van der Waals surface area contributed by atoms with Gasteiger partial charge in [0.15, 0.2) is 5.82 Å². The van der Waals surface area contributed by atoms with E-state index >= 15 is 0 Å². The van der Waals surface area contributed by atoms with Crippen LogP contribution in [-0.4, -0.2) is 29.7 Å². The minimum absolute atomic E-state index is 0.0253. The third kappa shape index (κ3) is 5.11. The van der Waals surface area contributed by atoms with Crippen LogP contribution in [-0.2, 0) is 29.0 Å². The smallest absolute Gasteiger partial charge is 0.261 e. The number of hydrogen-bond acceptors (Lipinski definition) is 5. The van der Waals surface area contributed by atoms with Gasteiger partial charge in [-0.25, -0.2) is 12.8 Å². The van der Waals surface area contributed by atoms with Crippen molar-refractivity contribution in [3.05, 3.63) is 58.6 Å². The third-order valence-electron chi connectivity index (χ3n) is 5.07. The van der Waals surface area contributed by atoms with Gasteiger partial charge in [-0.15, -0.1) is 10.2 Å². The van der Waals surface area contributed by atoms with Crippen molar-refractivity contribution < 1.29 is 12.8 Å². The Morgan fingerprint density at radius 3 is 2.38 bits per heavy atom. The van der Waals surface area contributed by atoms with E-state index in [1.807, 2.05) is 27.7 Å². The second-order valence-electron chi connectivity index (χ2n) is 8.47. The Morgan fingerprint density at radius 2 is 1.78 bits per heavy atom. The predicted molar refractivity (Wildman–Crippen MR) is 125 cm³/mol. The second kappa shape index (κ2) is 9.17. The molecule has 10 heteroatoms. The van der Waals surface area contributed by atoms with E-state index in [2.05, 4.69) is 20.2 Å². The lowest BCUT2D eigenvalue weighted by Gasteiger charge is -2.19. The molecule has 0 unspecified atom stereocenters. The average Bonchev–Trinajstić information content (AvgIpc) is 3.08. The van der Waals surface area contributed by atoms with Crippen LogP contribution in [0.2, 0.25) is 5.02 Å². The molecule has 0 aliphatic rings. The monoisotopic (exact) mass is 479 g/mol. The van der Waals surface area contributed by atoms with Crippen molar-refractivity contribution in [2.24, 2.45) is 7.05 Å². The molecule has 0 saturated carbocycles. The van der Waals surface area contributed by atoms with Crippen LogP contribution in [0, 0.1) is 5.82 Å². The Kier molecular flexibility index (Phi) is 6.92. The van der Waals surface area contributed by atoms with Crippen LogP contribution in [0.4, 0.5) is 10.1 Å². The summed E-state index contributed by atoms with van der Waals surface area (Å²) in [7, 11) is -2.23. The Morgan fingerprint density at radius 1 is 1.12 bits per heavy atom. The van der Waals surface area contributed by atoms with Crippen LogP contribution in [0.5, 0.6) is 0 Å². The van der Waals surface area contributed by atoms with Gasteiger partial charge < -0.3 is 9.88 Å². The Bertz CT molecular complexity index is 1220. The molecule has 0 aliphatic heterocycles. The van der Waals surface area contributed by atoms with E-state index in [1.54, 1.807) is 23.7 Å². The van der Waals surface area contributed by atoms with E-state index in [9.17, 15) is 12.8 Å². The highest BCUT2D eigenvalue weighted by Gasteiger charge is 2.22. The summed E-state index contributed by atoms with van der Waals surface area (Å²) >= 11 is 6.00. The van der Waals surface area contributed by atoms with Crippen molar-refractivity contribution in [1.82, 2.24) is 20.1 Å². The number of benzene rings is 2. The molecule has 32 heavy (non-hydrogen) atoms. The average molecular weight is 480 g/mol. The molecule has 0 amide bonds. The molecule has 0 saturated heterocycles. The predicted octanol–water partition coefficient (Wildman–Crippen LogP) is 4.48. The van der Waals surface area contributed by atoms with E-state index in [-0.39, 0.29) is 21.0 Å². The molecule has 2 N–H and O–H groups in total. The lowest BCUT2D eigenvalue weighted by Crippen LogP contribution is -2.16. The molecule has 3 rings (SSSR count). The standard InChI is InChI=1S/C22H27ClFN5O2S/c1-6-25-13-20-26-27-21(29(20)5)16-11-17(23)18(24)12-19(16)28-32(30,31)15-9-7-14(8-10-15)22(2,3)4/h7-12,25,28H,6,13H2,1-5H3. The van der Waals surface area contributed by atoms with E-state index in [0.29, 0.717) is 23.8 Å². The van der Waals surface area contributed by atoms with Crippen LogP contribution in [0.3, 0.4) is 0 Å². The molecule has 2 aromatic carbocycles. The van der Waals surface area contributed by atoms with Gasteiger partial charge in [-0.3, -0.25) is 4.72 Å². The number of sulfonamides is 1. The van der Waals surface area contributed by atoms with Gasteiger partial charge in [-0.2, -0.15) is 0 Å². The first-order valence-corrected chi connectivity index (χ1v) is 12.0. The maximum atomic E-state index is 14.3. The largest absolute Gasteiger partial charge is 0.313 e. The van der Waals surface area contributed by atoms with Gasteiger partial charge in [0.05, 0.1) is 22.2 Å². The molecule has 0 radical (unpaired) electrons. The van der Waals surface area contributed by atoms with Gasteiger partial charge in [0, 0.05) is 18.7 Å². The van der Waals surface area contributed by atoms with Gasteiger partial charge in [0.1, 0.15) is 11.6 Å². The third-order valence-corrected chi connectivity index (χ3v) is 6.75. The van der Waals surface area contributed by atoms with Gasteiger partial charge in [-0.1, -0.05) is 51.4 Å². The molecule has 0 atom stereocenters. The van der Waals surface area contributed by atoms with Crippen molar-refractivity contribution in [2.45, 2.75) is 44.6 Å². The van der Waals surface area contributed by atoms with Gasteiger partial charge >= 0.3 is 0 Å². The van der Waals surface area contributed by atoms with Crippen molar-refractivity contribution in [2.75, 3.05) is 11.3 Å². The number of anilines is 1. The second-order valence-corrected chi connectivity index (χ2v) is 10.6. The number of nitrogens with zero attached hydrogens (tertiary/aromatic N) is 3. The number of nitrogens with one attached hydrogen (secondary N) is 2. The lowest BCUT2D eigenvalue weighted by molar-refractivity contribution is 0.587. The molecule has 0 spiro atoms. The Labute approximate surface area is 193 Å². The minimum atomic E-state index is -3.99. The van der Waals surface area contributed by atoms with Crippen LogP contribution in [0.1, 0.15) is 39.1 Å². The normalized spacial score (nSPS) is 12.2. The van der Waals surface area contributed by atoms with Crippen molar-refractivity contribution in [3.63, 3.8) is 0 Å². The number of halogens is 2. The van der Waals surface area contributed by atoms with Gasteiger partial charge in [0.2, 0.25) is 0 Å². The van der Waals surface area contributed by atoms with E-state index < -0.39 is 15.8 Å². The van der Waals surface area contributed by atoms with Crippen LogP contribution < -0.4 is 10.0 Å². The van der Waals surface area contributed by atoms with E-state index in [0.717, 1.165) is 18.2 Å². The SMILES string of the molecule is CCNCc1nnc(-c2cc(Cl)c(F)cc2NS(=O)(=O)c2ccc(C(C)(C)C)cc2)n1C. The summed E-state index contributed by atoms with van der Waals surface area (Å²) in [6.07, 6.45) is 0. The Balaban J connectivity index is 2.02. The highest BCUT2D eigenvalue weighted by molar-refractivity contribution is 7.92. The van der Waals surface area contributed by atoms with Crippen molar-refractivity contribution in [3.8, 4) is 11.4 Å². The number of aromatic nitrogens is 3. The van der Waals surface area contributed by atoms with Crippen molar-refractivity contribution in [1.29, 1.82) is 0 Å². The van der Waals surface area contributed by atoms with Gasteiger partial charge in [0.25, 0.3) is 10.0 Å². The molecular formula is C22H27ClFN5O2S. The topological polar surface area (TPSA) is 88.9 Å². The summed E-state index contributed by atoms with van der Waals surface area (Å²) in [4.78, 5) is 0.0672. The Hall–Kier alpha value is -2.49. The summed E-state index contributed by atoms with van der Waals surface area (Å²) in [5, 5.41) is 11.3. The zero-order valence-corrected chi connectivity index (χ0v) is 20.3. The maximum absolute atomic E-state index is 14.3. The van der Waals surface area contributed by atoms with Crippen LogP contribution in [0.15, 0.2) is 41.3 Å². The first-order valence-electron chi connectivity index (χ1n) is 10.2. The molecule has 0 aliphatic carbocycles. The highest BCUT2D eigenvalue weighted by atomic mass is 35.5. The fourth-order valence-electron chi connectivity index (χ4n) is 3.14. The first kappa shape index (κ1) is 24.2. The fourth-order valence-corrected chi connectivity index (χ4v) is 4.38. The quantitative estimate of drug-likeness (QED) is 0.521. The molecule has 1 aromatic heterocycles. The zero-order chi connectivity index (χ0) is 23.7. The summed E-state index contributed by atoms with van der Waals surface area (Å²) in [5.74, 6) is 0.265. The molecule has 172 valence electrons. The molecular weight excluding hydrogens is 453 g/mol. The summed E-state index contributed by atoms with van der Waals surface area (Å²) in [6.45, 7) is 9.34. The van der Waals surface area contributed by atoms with Crippen LogP contribution >= 0.6 is 11.6 Å². The maximum Gasteiger partial charge on any atom is 0.261 e. The summed E-state index contributed by atoms with van der Waals surface area (Å²) < 4.78 is 44.6. The number of hydrogen-bond donors (Lipinski definition) is 2. The van der Waals surface area contributed by atoms with E-state index in [4.69, 9.17) is 11.6 Å². The molecule has 7 nitrogen and oxygen atoms in total. The summed E-state index contributed by atoms with van der Waals surface area (Å²) in [6, 6.07) is 9.01. The molecule has 0 bridgehead atoms. The lowest BCUT2D eigenvalue weighted by atomic mass is 9.87. The fraction of sp³-hybridized carbons (Fsp3) is 0.364. The van der Waals surface area contributed by atoms with Gasteiger partial charge in [-0.05, 0) is 35.7 Å². The van der Waals surface area contributed by atoms with E-state index in [1.165, 1.54) is 18.2 Å². The zero-order valence-electron chi connectivity index (χ0n) is 18.7. The highest BCUT2D eigenvalue weighted by Crippen LogP contribution is 2.33. The minimum Gasteiger partial charge on any atom is -0.313 e. The van der Waals surface area contributed by atoms with Crippen LogP contribution in [0.25, 0.3) is 11.4 Å². The molecule has 1 heterocycles.